The Morgan fingerprint density at radius 1 is 1.35 bits per heavy atom. The summed E-state index contributed by atoms with van der Waals surface area (Å²) in [6.07, 6.45) is 2.78. The lowest BCUT2D eigenvalue weighted by Gasteiger charge is -2.21. The molecule has 17 heavy (non-hydrogen) atoms. The molecular formula is C14H20N2O. The highest BCUT2D eigenvalue weighted by Gasteiger charge is 2.16. The maximum Gasteiger partial charge on any atom is 0.0741 e. The first kappa shape index (κ1) is 12.1. The predicted molar refractivity (Wildman–Crippen MR) is 70.9 cm³/mol. The first-order valence-electron chi connectivity index (χ1n) is 6.10. The van der Waals surface area contributed by atoms with Gasteiger partial charge in [0.05, 0.1) is 5.60 Å². The molecular weight excluding hydrogens is 212 g/mol. The molecule has 3 heteroatoms. The summed E-state index contributed by atoms with van der Waals surface area (Å²) in [5, 5.41) is 14.4. The van der Waals surface area contributed by atoms with Crippen LogP contribution in [0, 0.1) is 0 Å². The first-order valence-corrected chi connectivity index (χ1v) is 6.10. The Balaban J connectivity index is 2.00. The van der Waals surface area contributed by atoms with Crippen molar-refractivity contribution < 1.29 is 5.11 Å². The fourth-order valence-corrected chi connectivity index (χ4v) is 1.87. The molecule has 0 aliphatic carbocycles. The molecule has 1 heterocycles. The Hall–Kier alpha value is -1.32. The first-order chi connectivity index (χ1) is 8.12. The summed E-state index contributed by atoms with van der Waals surface area (Å²) in [5.74, 6) is 0. The average Bonchev–Trinajstić information content (AvgIpc) is 2.73. The highest BCUT2D eigenvalue weighted by molar-refractivity contribution is 5.82. The molecule has 0 saturated heterocycles. The number of aromatic nitrogens is 1. The number of hydrogen-bond donors (Lipinski definition) is 3. The van der Waals surface area contributed by atoms with Gasteiger partial charge in [-0.3, -0.25) is 0 Å². The van der Waals surface area contributed by atoms with Crippen LogP contribution >= 0.6 is 0 Å². The Bertz CT molecular complexity index is 488. The zero-order valence-corrected chi connectivity index (χ0v) is 10.5. The predicted octanol–water partition coefficient (Wildman–Crippen LogP) is 2.42. The van der Waals surface area contributed by atoms with Crippen LogP contribution in [0.4, 0.5) is 0 Å². The molecule has 0 aliphatic rings. The smallest absolute Gasteiger partial charge is 0.0741 e. The molecule has 0 amide bonds. The van der Waals surface area contributed by atoms with Gasteiger partial charge in [0.1, 0.15) is 0 Å². The van der Waals surface area contributed by atoms with E-state index in [1.54, 1.807) is 0 Å². The number of nitrogens with one attached hydrogen (secondary N) is 2. The molecule has 3 nitrogen and oxygen atoms in total. The summed E-state index contributed by atoms with van der Waals surface area (Å²) in [4.78, 5) is 3.25. The SMILES string of the molecule is CCC(C)(O)CNCc1c[nH]c2ccccc12. The molecule has 0 aliphatic heterocycles. The lowest BCUT2D eigenvalue weighted by molar-refractivity contribution is 0.0556. The van der Waals surface area contributed by atoms with Crippen molar-refractivity contribution >= 4 is 10.9 Å². The van der Waals surface area contributed by atoms with Gasteiger partial charge < -0.3 is 15.4 Å². The van der Waals surface area contributed by atoms with Crippen LogP contribution in [-0.4, -0.2) is 22.2 Å². The lowest BCUT2D eigenvalue weighted by Crippen LogP contribution is -2.36. The number of rotatable bonds is 5. The molecule has 1 aromatic heterocycles. The van der Waals surface area contributed by atoms with Gasteiger partial charge in [-0.15, -0.1) is 0 Å². The van der Waals surface area contributed by atoms with E-state index >= 15 is 0 Å². The van der Waals surface area contributed by atoms with Crippen LogP contribution in [0.25, 0.3) is 10.9 Å². The maximum atomic E-state index is 9.89. The van der Waals surface area contributed by atoms with E-state index in [0.717, 1.165) is 18.5 Å². The van der Waals surface area contributed by atoms with Crippen LogP contribution < -0.4 is 5.32 Å². The normalized spacial score (nSPS) is 15.0. The minimum Gasteiger partial charge on any atom is -0.389 e. The van der Waals surface area contributed by atoms with E-state index in [2.05, 4.69) is 22.4 Å². The number of fused-ring (bicyclic) bond motifs is 1. The van der Waals surface area contributed by atoms with Crippen LogP contribution in [0.5, 0.6) is 0 Å². The van der Waals surface area contributed by atoms with Gasteiger partial charge in [0.15, 0.2) is 0 Å². The van der Waals surface area contributed by atoms with Crippen LogP contribution in [0.2, 0.25) is 0 Å². The summed E-state index contributed by atoms with van der Waals surface area (Å²) >= 11 is 0. The zero-order valence-electron chi connectivity index (χ0n) is 10.5. The van der Waals surface area contributed by atoms with Crippen molar-refractivity contribution in [2.75, 3.05) is 6.54 Å². The standard InChI is InChI=1S/C14H20N2O/c1-3-14(2,17)10-15-8-11-9-16-13-7-5-4-6-12(11)13/h4-7,9,15-17H,3,8,10H2,1-2H3. The van der Waals surface area contributed by atoms with Crippen molar-refractivity contribution in [1.82, 2.24) is 10.3 Å². The van der Waals surface area contributed by atoms with Crippen LogP contribution in [0.15, 0.2) is 30.5 Å². The van der Waals surface area contributed by atoms with Gasteiger partial charge >= 0.3 is 0 Å². The molecule has 2 aromatic rings. The van der Waals surface area contributed by atoms with Gasteiger partial charge in [-0.05, 0) is 25.0 Å². The summed E-state index contributed by atoms with van der Waals surface area (Å²) in [6.45, 7) is 5.24. The quantitative estimate of drug-likeness (QED) is 0.741. The van der Waals surface area contributed by atoms with Gasteiger partial charge in [0.2, 0.25) is 0 Å². The number of para-hydroxylation sites is 1. The Morgan fingerprint density at radius 2 is 2.12 bits per heavy atom. The molecule has 1 atom stereocenters. The molecule has 1 unspecified atom stereocenters. The topological polar surface area (TPSA) is 48.0 Å². The molecule has 0 saturated carbocycles. The largest absolute Gasteiger partial charge is 0.389 e. The number of hydrogen-bond acceptors (Lipinski definition) is 2. The molecule has 1 aromatic carbocycles. The minimum absolute atomic E-state index is 0.614. The van der Waals surface area contributed by atoms with Crippen LogP contribution in [-0.2, 0) is 6.54 Å². The summed E-state index contributed by atoms with van der Waals surface area (Å²) in [5.41, 5.74) is 1.78. The third-order valence-corrected chi connectivity index (χ3v) is 3.26. The molecule has 0 bridgehead atoms. The van der Waals surface area contributed by atoms with Crippen molar-refractivity contribution in [3.05, 3.63) is 36.0 Å². The highest BCUT2D eigenvalue weighted by atomic mass is 16.3. The second-order valence-corrected chi connectivity index (χ2v) is 4.81. The van der Waals surface area contributed by atoms with Crippen molar-refractivity contribution in [3.63, 3.8) is 0 Å². The fourth-order valence-electron chi connectivity index (χ4n) is 1.87. The number of H-pyrrole nitrogens is 1. The highest BCUT2D eigenvalue weighted by Crippen LogP contribution is 2.17. The molecule has 0 spiro atoms. The molecule has 92 valence electrons. The van der Waals surface area contributed by atoms with Crippen LogP contribution in [0.1, 0.15) is 25.8 Å². The zero-order chi connectivity index (χ0) is 12.3. The van der Waals surface area contributed by atoms with E-state index in [4.69, 9.17) is 0 Å². The third kappa shape index (κ3) is 2.87. The van der Waals surface area contributed by atoms with Crippen molar-refractivity contribution in [2.45, 2.75) is 32.4 Å². The van der Waals surface area contributed by atoms with Gasteiger partial charge in [-0.25, -0.2) is 0 Å². The minimum atomic E-state index is -0.619. The average molecular weight is 232 g/mol. The van der Waals surface area contributed by atoms with E-state index in [-0.39, 0.29) is 0 Å². The Morgan fingerprint density at radius 3 is 2.88 bits per heavy atom. The van der Waals surface area contributed by atoms with Gasteiger partial charge in [0, 0.05) is 30.2 Å². The van der Waals surface area contributed by atoms with E-state index in [0.29, 0.717) is 6.54 Å². The fraction of sp³-hybridized carbons (Fsp3) is 0.429. The number of benzene rings is 1. The molecule has 0 radical (unpaired) electrons. The number of aromatic amines is 1. The summed E-state index contributed by atoms with van der Waals surface area (Å²) in [6, 6.07) is 8.25. The van der Waals surface area contributed by atoms with E-state index in [9.17, 15) is 5.11 Å². The monoisotopic (exact) mass is 232 g/mol. The molecule has 2 rings (SSSR count). The van der Waals surface area contributed by atoms with Gasteiger partial charge in [0.25, 0.3) is 0 Å². The van der Waals surface area contributed by atoms with E-state index < -0.39 is 5.60 Å². The van der Waals surface area contributed by atoms with E-state index in [1.165, 1.54) is 10.9 Å². The maximum absolute atomic E-state index is 9.89. The molecule has 3 N–H and O–H groups in total. The third-order valence-electron chi connectivity index (χ3n) is 3.26. The van der Waals surface area contributed by atoms with Crippen molar-refractivity contribution in [2.24, 2.45) is 0 Å². The second kappa shape index (κ2) is 4.90. The van der Waals surface area contributed by atoms with Crippen LogP contribution in [0.3, 0.4) is 0 Å². The molecule has 0 fully saturated rings. The van der Waals surface area contributed by atoms with E-state index in [1.807, 2.05) is 32.2 Å². The van der Waals surface area contributed by atoms with Gasteiger partial charge in [-0.2, -0.15) is 0 Å². The lowest BCUT2D eigenvalue weighted by atomic mass is 10.0. The van der Waals surface area contributed by atoms with Gasteiger partial charge in [-0.1, -0.05) is 25.1 Å². The Kier molecular flexibility index (Phi) is 3.50. The number of aliphatic hydroxyl groups is 1. The van der Waals surface area contributed by atoms with Crippen molar-refractivity contribution in [1.29, 1.82) is 0 Å². The second-order valence-electron chi connectivity index (χ2n) is 4.81. The summed E-state index contributed by atoms with van der Waals surface area (Å²) < 4.78 is 0. The summed E-state index contributed by atoms with van der Waals surface area (Å²) in [7, 11) is 0. The Labute approximate surface area is 102 Å². The van der Waals surface area contributed by atoms with Crippen molar-refractivity contribution in [3.8, 4) is 0 Å².